The molecule has 0 fully saturated rings. The van der Waals surface area contributed by atoms with Crippen LogP contribution in [-0.2, 0) is 14.8 Å². The molecule has 1 amide bonds. The summed E-state index contributed by atoms with van der Waals surface area (Å²) in [5, 5.41) is 14.0. The van der Waals surface area contributed by atoms with Gasteiger partial charge in [0, 0.05) is 7.05 Å². The van der Waals surface area contributed by atoms with E-state index in [1.165, 1.54) is 18.0 Å². The molecule has 0 atom stereocenters. The van der Waals surface area contributed by atoms with Crippen molar-refractivity contribution in [2.75, 3.05) is 18.5 Å². The Kier molecular flexibility index (Phi) is 4.12. The molecule has 0 unspecified atom stereocenters. The number of primary sulfonamides is 1. The molecule has 0 saturated heterocycles. The van der Waals surface area contributed by atoms with Crippen LogP contribution in [0.1, 0.15) is 10.4 Å². The number of carbonyl (C=O) groups excluding carboxylic acids is 1. The molecule has 1 aromatic carbocycles. The zero-order valence-electron chi connectivity index (χ0n) is 10.0. The maximum atomic E-state index is 11.2. The molecule has 104 valence electrons. The molecule has 0 aliphatic rings. The average Bonchev–Trinajstić information content (AvgIpc) is 2.25. The maximum absolute atomic E-state index is 11.2. The molecule has 0 heterocycles. The highest BCUT2D eigenvalue weighted by atomic mass is 32.2. The van der Waals surface area contributed by atoms with E-state index in [2.05, 4.69) is 0 Å². The van der Waals surface area contributed by atoms with E-state index in [0.29, 0.717) is 0 Å². The van der Waals surface area contributed by atoms with Crippen LogP contribution in [0.15, 0.2) is 23.1 Å². The van der Waals surface area contributed by atoms with Crippen molar-refractivity contribution in [3.63, 3.8) is 0 Å². The van der Waals surface area contributed by atoms with E-state index < -0.39 is 21.9 Å². The minimum absolute atomic E-state index is 0.165. The Morgan fingerprint density at radius 1 is 1.37 bits per heavy atom. The van der Waals surface area contributed by atoms with Crippen LogP contribution in [0.4, 0.5) is 5.69 Å². The molecule has 0 aliphatic heterocycles. The van der Waals surface area contributed by atoms with E-state index in [9.17, 15) is 18.0 Å². The number of nitrogens with two attached hydrogens (primary N) is 2. The molecule has 0 spiro atoms. The van der Waals surface area contributed by atoms with Gasteiger partial charge in [-0.25, -0.2) is 18.4 Å². The first-order chi connectivity index (χ1) is 8.62. The third-order valence-corrected chi connectivity index (χ3v) is 3.24. The molecule has 0 aliphatic carbocycles. The molecule has 0 bridgehead atoms. The first-order valence-electron chi connectivity index (χ1n) is 5.02. The van der Waals surface area contributed by atoms with E-state index >= 15 is 0 Å². The Morgan fingerprint density at radius 2 is 1.95 bits per heavy atom. The van der Waals surface area contributed by atoms with Crippen molar-refractivity contribution in [2.45, 2.75) is 4.90 Å². The zero-order valence-corrected chi connectivity index (χ0v) is 10.8. The summed E-state index contributed by atoms with van der Waals surface area (Å²) in [5.74, 6) is -1.98. The van der Waals surface area contributed by atoms with Crippen molar-refractivity contribution in [3.8, 4) is 0 Å². The monoisotopic (exact) mass is 287 g/mol. The van der Waals surface area contributed by atoms with Gasteiger partial charge in [-0.05, 0) is 18.2 Å². The third-order valence-electron chi connectivity index (χ3n) is 2.33. The van der Waals surface area contributed by atoms with Crippen LogP contribution in [-0.4, -0.2) is 39.0 Å². The fraction of sp³-hybridized carbons (Fsp3) is 0.200. The minimum atomic E-state index is -4.00. The molecule has 1 rings (SSSR count). The van der Waals surface area contributed by atoms with Crippen LogP contribution in [0.3, 0.4) is 0 Å². The normalized spacial score (nSPS) is 11.1. The van der Waals surface area contributed by atoms with Crippen molar-refractivity contribution >= 4 is 27.6 Å². The average molecular weight is 287 g/mol. The van der Waals surface area contributed by atoms with Crippen molar-refractivity contribution in [2.24, 2.45) is 10.9 Å². The van der Waals surface area contributed by atoms with Crippen LogP contribution in [0, 0.1) is 0 Å². The van der Waals surface area contributed by atoms with Gasteiger partial charge in [0.15, 0.2) is 0 Å². The number of nitrogens with zero attached hydrogens (tertiary/aromatic N) is 1. The molecule has 19 heavy (non-hydrogen) atoms. The molecule has 9 heteroatoms. The number of aromatic carboxylic acids is 1. The highest BCUT2D eigenvalue weighted by molar-refractivity contribution is 7.89. The summed E-state index contributed by atoms with van der Waals surface area (Å²) < 4.78 is 22.3. The molecule has 1 aromatic rings. The summed E-state index contributed by atoms with van der Waals surface area (Å²) in [7, 11) is -2.54. The quantitative estimate of drug-likeness (QED) is 0.630. The van der Waals surface area contributed by atoms with E-state index in [1.807, 2.05) is 0 Å². The smallest absolute Gasteiger partial charge is 0.337 e. The van der Waals surface area contributed by atoms with Crippen LogP contribution in [0.5, 0.6) is 0 Å². The second-order valence-electron chi connectivity index (χ2n) is 3.85. The van der Waals surface area contributed by atoms with Gasteiger partial charge in [0.05, 0.1) is 22.7 Å². The molecule has 0 radical (unpaired) electrons. The Morgan fingerprint density at radius 3 is 2.37 bits per heavy atom. The topological polar surface area (TPSA) is 144 Å². The number of rotatable bonds is 5. The predicted molar refractivity (Wildman–Crippen MR) is 67.2 cm³/mol. The van der Waals surface area contributed by atoms with Crippen molar-refractivity contribution in [1.29, 1.82) is 0 Å². The van der Waals surface area contributed by atoms with Gasteiger partial charge >= 0.3 is 5.97 Å². The van der Waals surface area contributed by atoms with Crippen molar-refractivity contribution in [1.82, 2.24) is 0 Å². The molecular formula is C10H13N3O5S. The van der Waals surface area contributed by atoms with Crippen LogP contribution >= 0.6 is 0 Å². The zero-order chi connectivity index (χ0) is 14.8. The first kappa shape index (κ1) is 14.9. The number of amides is 1. The fourth-order valence-electron chi connectivity index (χ4n) is 1.52. The third kappa shape index (κ3) is 3.66. The maximum Gasteiger partial charge on any atom is 0.337 e. The SMILES string of the molecule is CN(CC(N)=O)c1ccc(S(N)(=O)=O)cc1C(=O)O. The van der Waals surface area contributed by atoms with Crippen LogP contribution in [0.25, 0.3) is 0 Å². The molecule has 5 N–H and O–H groups in total. The standard InChI is InChI=1S/C10H13N3O5S/c1-13(5-9(11)14)8-3-2-6(19(12,17)18)4-7(8)10(15)16/h2-4H,5H2,1H3,(H2,11,14)(H,15,16)(H2,12,17,18). The summed E-state index contributed by atoms with van der Waals surface area (Å²) >= 11 is 0. The number of anilines is 1. The second-order valence-corrected chi connectivity index (χ2v) is 5.41. The molecule has 8 nitrogen and oxygen atoms in total. The lowest BCUT2D eigenvalue weighted by molar-refractivity contribution is -0.116. The number of benzene rings is 1. The van der Waals surface area contributed by atoms with E-state index in [4.69, 9.17) is 16.0 Å². The van der Waals surface area contributed by atoms with Gasteiger partial charge in [-0.2, -0.15) is 0 Å². The second kappa shape index (κ2) is 5.24. The minimum Gasteiger partial charge on any atom is -0.478 e. The molecule has 0 saturated carbocycles. The number of hydrogen-bond acceptors (Lipinski definition) is 5. The predicted octanol–water partition coefficient (Wildman–Crippen LogP) is -1.05. The Labute approximate surface area is 109 Å². The lowest BCUT2D eigenvalue weighted by Crippen LogP contribution is -2.31. The summed E-state index contributed by atoms with van der Waals surface area (Å²) in [5.41, 5.74) is 4.90. The van der Waals surface area contributed by atoms with Gasteiger partial charge < -0.3 is 15.7 Å². The van der Waals surface area contributed by atoms with Crippen LogP contribution < -0.4 is 15.8 Å². The molecular weight excluding hydrogens is 274 g/mol. The fourth-order valence-corrected chi connectivity index (χ4v) is 2.06. The van der Waals surface area contributed by atoms with E-state index in [-0.39, 0.29) is 22.7 Å². The summed E-state index contributed by atoms with van der Waals surface area (Å²) in [6, 6.07) is 3.35. The van der Waals surface area contributed by atoms with Gasteiger partial charge in [0.25, 0.3) is 0 Å². The molecule has 0 aromatic heterocycles. The number of hydrogen-bond donors (Lipinski definition) is 3. The number of carbonyl (C=O) groups is 2. The Hall–Kier alpha value is -2.13. The highest BCUT2D eigenvalue weighted by Gasteiger charge is 2.18. The lowest BCUT2D eigenvalue weighted by atomic mass is 10.1. The van der Waals surface area contributed by atoms with Gasteiger partial charge in [0.1, 0.15) is 0 Å². The van der Waals surface area contributed by atoms with Crippen LogP contribution in [0.2, 0.25) is 0 Å². The number of sulfonamides is 1. The number of carboxylic acids is 1. The van der Waals surface area contributed by atoms with Gasteiger partial charge in [0.2, 0.25) is 15.9 Å². The lowest BCUT2D eigenvalue weighted by Gasteiger charge is -2.19. The Bertz CT molecular complexity index is 626. The van der Waals surface area contributed by atoms with Gasteiger partial charge in [-0.15, -0.1) is 0 Å². The van der Waals surface area contributed by atoms with E-state index in [0.717, 1.165) is 12.1 Å². The van der Waals surface area contributed by atoms with Gasteiger partial charge in [-0.3, -0.25) is 4.79 Å². The number of likely N-dealkylation sites (N-methyl/N-ethyl adjacent to an activating group) is 1. The highest BCUT2D eigenvalue weighted by Crippen LogP contribution is 2.22. The number of primary amides is 1. The summed E-state index contributed by atoms with van der Waals surface area (Å²) in [6.07, 6.45) is 0. The van der Waals surface area contributed by atoms with E-state index in [1.54, 1.807) is 0 Å². The summed E-state index contributed by atoms with van der Waals surface area (Å²) in [4.78, 5) is 22.9. The van der Waals surface area contributed by atoms with Crippen molar-refractivity contribution < 1.29 is 23.1 Å². The largest absolute Gasteiger partial charge is 0.478 e. The number of carboxylic acid groups (broad SMARTS) is 1. The first-order valence-corrected chi connectivity index (χ1v) is 6.57. The van der Waals surface area contributed by atoms with Gasteiger partial charge in [-0.1, -0.05) is 0 Å². The van der Waals surface area contributed by atoms with Crippen molar-refractivity contribution in [3.05, 3.63) is 23.8 Å². The Balaban J connectivity index is 3.34. The summed E-state index contributed by atoms with van der Waals surface area (Å²) in [6.45, 7) is -0.199.